The number of methoxy groups -OCH3 is 1. The molecular weight excluding hydrogens is 406 g/mol. The van der Waals surface area contributed by atoms with Crippen LogP contribution in [0.4, 0.5) is 5.69 Å². The third kappa shape index (κ3) is 5.66. The summed E-state index contributed by atoms with van der Waals surface area (Å²) in [4.78, 5) is 29.7. The van der Waals surface area contributed by atoms with Crippen molar-refractivity contribution < 1.29 is 19.1 Å². The van der Waals surface area contributed by atoms with Crippen LogP contribution in [0.5, 0.6) is 5.75 Å². The van der Waals surface area contributed by atoms with Crippen molar-refractivity contribution in [2.75, 3.05) is 46.2 Å². The zero-order chi connectivity index (χ0) is 23.3. The Morgan fingerprint density at radius 3 is 2.50 bits per heavy atom. The molecule has 0 bridgehead atoms. The van der Waals surface area contributed by atoms with E-state index in [9.17, 15) is 9.59 Å². The first-order valence-electron chi connectivity index (χ1n) is 10.9. The van der Waals surface area contributed by atoms with E-state index in [-0.39, 0.29) is 29.9 Å². The van der Waals surface area contributed by atoms with Gasteiger partial charge in [0, 0.05) is 50.6 Å². The molecule has 1 aliphatic heterocycles. The van der Waals surface area contributed by atoms with Crippen molar-refractivity contribution in [1.29, 1.82) is 0 Å². The zero-order valence-electron chi connectivity index (χ0n) is 19.5. The Labute approximate surface area is 190 Å². The molecule has 2 aromatic rings. The molecule has 0 aliphatic carbocycles. The van der Waals surface area contributed by atoms with E-state index in [1.165, 1.54) is 0 Å². The predicted octanol–water partition coefficient (Wildman–Crippen LogP) is 3.37. The minimum absolute atomic E-state index is 0.0770. The maximum atomic E-state index is 13.2. The Bertz CT molecular complexity index is 934. The quantitative estimate of drug-likeness (QED) is 0.794. The number of nitrogens with zero attached hydrogens (tertiary/aromatic N) is 2. The Hall–Kier alpha value is -2.90. The standard InChI is InChI=1S/C25H33N3O4/c1-17-14-27(3)18(2)16-32-22-13-20(26-24(29)19-9-7-6-8-10-19)11-12-21(22)25(30)28(4)15-23(17)31-5/h6-13,17-18,23H,14-16H2,1-5H3,(H,26,29)/t17-,18-,23-/m0/s1. The molecule has 0 radical (unpaired) electrons. The molecule has 1 aliphatic rings. The lowest BCUT2D eigenvalue weighted by Gasteiger charge is -2.34. The number of amides is 2. The number of hydrogen-bond donors (Lipinski definition) is 1. The average molecular weight is 440 g/mol. The van der Waals surface area contributed by atoms with Gasteiger partial charge in [-0.3, -0.25) is 14.5 Å². The highest BCUT2D eigenvalue weighted by Crippen LogP contribution is 2.27. The van der Waals surface area contributed by atoms with Gasteiger partial charge in [-0.05, 0) is 44.2 Å². The summed E-state index contributed by atoms with van der Waals surface area (Å²) in [6, 6.07) is 14.3. The monoisotopic (exact) mass is 439 g/mol. The molecule has 1 N–H and O–H groups in total. The van der Waals surface area contributed by atoms with E-state index in [0.717, 1.165) is 6.54 Å². The van der Waals surface area contributed by atoms with Gasteiger partial charge >= 0.3 is 0 Å². The molecule has 0 fully saturated rings. The van der Waals surface area contributed by atoms with E-state index >= 15 is 0 Å². The third-order valence-electron chi connectivity index (χ3n) is 6.05. The normalized spacial score (nSPS) is 22.8. The number of anilines is 1. The summed E-state index contributed by atoms with van der Waals surface area (Å²) in [6.07, 6.45) is -0.0770. The van der Waals surface area contributed by atoms with Gasteiger partial charge in [0.1, 0.15) is 12.4 Å². The fraction of sp³-hybridized carbons (Fsp3) is 0.440. The molecule has 2 amide bonds. The lowest BCUT2D eigenvalue weighted by molar-refractivity contribution is 0.0150. The Balaban J connectivity index is 1.89. The average Bonchev–Trinajstić information content (AvgIpc) is 2.80. The van der Waals surface area contributed by atoms with Crippen LogP contribution < -0.4 is 10.1 Å². The van der Waals surface area contributed by atoms with Gasteiger partial charge in [-0.15, -0.1) is 0 Å². The van der Waals surface area contributed by atoms with Crippen molar-refractivity contribution in [2.45, 2.75) is 26.0 Å². The van der Waals surface area contributed by atoms with Gasteiger partial charge in [0.15, 0.2) is 0 Å². The van der Waals surface area contributed by atoms with Crippen molar-refractivity contribution in [3.8, 4) is 5.75 Å². The molecule has 2 aromatic carbocycles. The third-order valence-corrected chi connectivity index (χ3v) is 6.05. The zero-order valence-corrected chi connectivity index (χ0v) is 19.5. The maximum Gasteiger partial charge on any atom is 0.257 e. The lowest BCUT2D eigenvalue weighted by Crippen LogP contribution is -2.45. The van der Waals surface area contributed by atoms with Gasteiger partial charge in [0.25, 0.3) is 11.8 Å². The van der Waals surface area contributed by atoms with Crippen molar-refractivity contribution in [2.24, 2.45) is 5.92 Å². The van der Waals surface area contributed by atoms with E-state index in [1.807, 2.05) is 18.2 Å². The number of carbonyl (C=O) groups is 2. The number of nitrogens with one attached hydrogen (secondary N) is 1. The van der Waals surface area contributed by atoms with Crippen LogP contribution in [0.1, 0.15) is 34.6 Å². The summed E-state index contributed by atoms with van der Waals surface area (Å²) in [5.41, 5.74) is 1.60. The molecule has 3 atom stereocenters. The number of fused-ring (bicyclic) bond motifs is 1. The van der Waals surface area contributed by atoms with E-state index in [4.69, 9.17) is 9.47 Å². The second-order valence-electron chi connectivity index (χ2n) is 8.57. The van der Waals surface area contributed by atoms with Crippen LogP contribution in [0.25, 0.3) is 0 Å². The van der Waals surface area contributed by atoms with Gasteiger partial charge in [0.2, 0.25) is 0 Å². The highest BCUT2D eigenvalue weighted by Gasteiger charge is 2.27. The van der Waals surface area contributed by atoms with E-state index in [2.05, 4.69) is 31.1 Å². The van der Waals surface area contributed by atoms with Gasteiger partial charge in [-0.1, -0.05) is 25.1 Å². The van der Waals surface area contributed by atoms with E-state index in [1.54, 1.807) is 49.4 Å². The van der Waals surface area contributed by atoms with Crippen molar-refractivity contribution in [3.63, 3.8) is 0 Å². The summed E-state index contributed by atoms with van der Waals surface area (Å²) >= 11 is 0. The fourth-order valence-electron chi connectivity index (χ4n) is 3.82. The number of hydrogen-bond acceptors (Lipinski definition) is 5. The molecule has 7 heteroatoms. The summed E-state index contributed by atoms with van der Waals surface area (Å²) in [5, 5.41) is 2.89. The molecule has 7 nitrogen and oxygen atoms in total. The van der Waals surface area contributed by atoms with E-state index < -0.39 is 0 Å². The van der Waals surface area contributed by atoms with Gasteiger partial charge in [-0.25, -0.2) is 0 Å². The topological polar surface area (TPSA) is 71.1 Å². The highest BCUT2D eigenvalue weighted by atomic mass is 16.5. The van der Waals surface area contributed by atoms with Crippen LogP contribution in [0, 0.1) is 5.92 Å². The molecule has 1 heterocycles. The van der Waals surface area contributed by atoms with Gasteiger partial charge in [-0.2, -0.15) is 0 Å². The summed E-state index contributed by atoms with van der Waals surface area (Å²) in [5.74, 6) is 0.344. The first-order valence-corrected chi connectivity index (χ1v) is 10.9. The predicted molar refractivity (Wildman–Crippen MR) is 125 cm³/mol. The van der Waals surface area contributed by atoms with Gasteiger partial charge < -0.3 is 19.7 Å². The molecule has 32 heavy (non-hydrogen) atoms. The number of carbonyl (C=O) groups excluding carboxylic acids is 2. The van der Waals surface area contributed by atoms with E-state index in [0.29, 0.717) is 35.7 Å². The molecule has 0 spiro atoms. The van der Waals surface area contributed by atoms with Crippen molar-refractivity contribution in [1.82, 2.24) is 9.80 Å². The number of benzene rings is 2. The maximum absolute atomic E-state index is 13.2. The largest absolute Gasteiger partial charge is 0.491 e. The summed E-state index contributed by atoms with van der Waals surface area (Å²) in [7, 11) is 5.52. The first kappa shape index (κ1) is 23.8. The molecule has 172 valence electrons. The second-order valence-corrected chi connectivity index (χ2v) is 8.57. The molecule has 0 unspecified atom stereocenters. The van der Waals surface area contributed by atoms with Crippen LogP contribution >= 0.6 is 0 Å². The van der Waals surface area contributed by atoms with Crippen molar-refractivity contribution >= 4 is 17.5 Å². The molecule has 0 saturated heterocycles. The van der Waals surface area contributed by atoms with Crippen molar-refractivity contribution in [3.05, 3.63) is 59.7 Å². The van der Waals surface area contributed by atoms with Crippen LogP contribution in [0.2, 0.25) is 0 Å². The molecular formula is C25H33N3O4. The first-order chi connectivity index (χ1) is 15.3. The van der Waals surface area contributed by atoms with Crippen LogP contribution in [0.3, 0.4) is 0 Å². The fourth-order valence-corrected chi connectivity index (χ4v) is 3.82. The number of rotatable bonds is 3. The van der Waals surface area contributed by atoms with Crippen LogP contribution in [-0.4, -0.2) is 74.7 Å². The number of likely N-dealkylation sites (N-methyl/N-ethyl adjacent to an activating group) is 2. The lowest BCUT2D eigenvalue weighted by atomic mass is 10.0. The summed E-state index contributed by atoms with van der Waals surface area (Å²) in [6.45, 7) is 5.95. The minimum Gasteiger partial charge on any atom is -0.491 e. The summed E-state index contributed by atoms with van der Waals surface area (Å²) < 4.78 is 11.8. The highest BCUT2D eigenvalue weighted by molar-refractivity contribution is 6.05. The molecule has 0 saturated carbocycles. The minimum atomic E-state index is -0.216. The van der Waals surface area contributed by atoms with Crippen LogP contribution in [-0.2, 0) is 4.74 Å². The van der Waals surface area contributed by atoms with Crippen LogP contribution in [0.15, 0.2) is 48.5 Å². The molecule has 0 aromatic heterocycles. The second kappa shape index (κ2) is 10.6. The SMILES string of the molecule is CO[C@H]1CN(C)C(=O)c2ccc(NC(=O)c3ccccc3)cc2OC[C@H](C)N(C)C[C@@H]1C. The Kier molecular flexibility index (Phi) is 7.88. The smallest absolute Gasteiger partial charge is 0.257 e. The Morgan fingerprint density at radius 2 is 1.81 bits per heavy atom. The molecule has 3 rings (SSSR count). The Morgan fingerprint density at radius 1 is 1.09 bits per heavy atom. The number of ether oxygens (including phenoxy) is 2. The van der Waals surface area contributed by atoms with Gasteiger partial charge in [0.05, 0.1) is 11.7 Å².